The molecule has 4 nitrogen and oxygen atoms in total. The number of hydrogen-bond donors (Lipinski definition) is 2. The largest absolute Gasteiger partial charge is 0.350 e. The molecular weight excluding hydrogens is 308 g/mol. The van der Waals surface area contributed by atoms with Crippen LogP contribution >= 0.6 is 22.9 Å². The zero-order chi connectivity index (χ0) is 15.2. The van der Waals surface area contributed by atoms with Crippen molar-refractivity contribution < 1.29 is 9.59 Å². The van der Waals surface area contributed by atoms with E-state index in [1.54, 1.807) is 35.6 Å². The van der Waals surface area contributed by atoms with Crippen LogP contribution in [0.25, 0.3) is 0 Å². The Morgan fingerprint density at radius 3 is 2.71 bits per heavy atom. The number of hydrogen-bond acceptors (Lipinski definition) is 3. The fourth-order valence-electron chi connectivity index (χ4n) is 1.72. The van der Waals surface area contributed by atoms with Crippen LogP contribution in [0.2, 0.25) is 5.02 Å². The summed E-state index contributed by atoms with van der Waals surface area (Å²) >= 11 is 7.41. The second-order valence-electron chi connectivity index (χ2n) is 4.50. The van der Waals surface area contributed by atoms with Crippen LogP contribution < -0.4 is 10.6 Å². The van der Waals surface area contributed by atoms with E-state index < -0.39 is 0 Å². The summed E-state index contributed by atoms with van der Waals surface area (Å²) in [5, 5.41) is 7.81. The van der Waals surface area contributed by atoms with E-state index in [0.717, 1.165) is 10.4 Å². The third kappa shape index (κ3) is 4.58. The number of aryl methyl sites for hydroxylation is 1. The van der Waals surface area contributed by atoms with Crippen LogP contribution in [0.15, 0.2) is 35.7 Å². The summed E-state index contributed by atoms with van der Waals surface area (Å²) in [6.07, 6.45) is 0. The summed E-state index contributed by atoms with van der Waals surface area (Å²) in [5.74, 6) is -0.543. The second kappa shape index (κ2) is 7.24. The minimum absolute atomic E-state index is 0.0598. The van der Waals surface area contributed by atoms with Crippen molar-refractivity contribution in [3.63, 3.8) is 0 Å². The molecule has 0 atom stereocenters. The van der Waals surface area contributed by atoms with E-state index in [1.807, 2.05) is 18.4 Å². The van der Waals surface area contributed by atoms with Crippen LogP contribution in [-0.2, 0) is 11.3 Å². The van der Waals surface area contributed by atoms with Crippen LogP contribution in [0.3, 0.4) is 0 Å². The van der Waals surface area contributed by atoms with Crippen molar-refractivity contribution in [2.75, 3.05) is 6.54 Å². The molecule has 0 unspecified atom stereocenters. The van der Waals surface area contributed by atoms with E-state index in [2.05, 4.69) is 10.6 Å². The van der Waals surface area contributed by atoms with Gasteiger partial charge in [-0.2, -0.15) is 0 Å². The van der Waals surface area contributed by atoms with Crippen molar-refractivity contribution in [1.29, 1.82) is 0 Å². The highest BCUT2D eigenvalue weighted by atomic mass is 35.5. The molecule has 1 aromatic heterocycles. The first kappa shape index (κ1) is 15.5. The van der Waals surface area contributed by atoms with Gasteiger partial charge in [0.05, 0.1) is 13.1 Å². The number of amides is 2. The molecule has 0 spiro atoms. The van der Waals surface area contributed by atoms with Crippen molar-refractivity contribution in [3.05, 3.63) is 56.7 Å². The molecule has 6 heteroatoms. The third-order valence-corrected chi connectivity index (χ3v) is 4.17. The molecule has 2 N–H and O–H groups in total. The summed E-state index contributed by atoms with van der Waals surface area (Å²) in [5.41, 5.74) is 1.59. The molecule has 2 aromatic rings. The molecule has 0 fully saturated rings. The SMILES string of the molecule is Cc1ccsc1CNC(=O)CNC(=O)c1cccc(Cl)c1. The molecule has 0 saturated carbocycles. The van der Waals surface area contributed by atoms with Crippen LogP contribution in [0.1, 0.15) is 20.8 Å². The van der Waals surface area contributed by atoms with Crippen LogP contribution in [-0.4, -0.2) is 18.4 Å². The number of carbonyl (C=O) groups is 2. The van der Waals surface area contributed by atoms with E-state index in [9.17, 15) is 9.59 Å². The molecule has 2 rings (SSSR count). The molecule has 0 aliphatic carbocycles. The van der Waals surface area contributed by atoms with Crippen molar-refractivity contribution >= 4 is 34.8 Å². The molecule has 1 aromatic carbocycles. The summed E-state index contributed by atoms with van der Waals surface area (Å²) in [4.78, 5) is 24.7. The average Bonchev–Trinajstić information content (AvgIpc) is 2.88. The first-order chi connectivity index (χ1) is 10.1. The molecule has 0 bridgehead atoms. The van der Waals surface area contributed by atoms with E-state index >= 15 is 0 Å². The number of rotatable bonds is 5. The van der Waals surface area contributed by atoms with Gasteiger partial charge in [0.1, 0.15) is 0 Å². The van der Waals surface area contributed by atoms with Gasteiger partial charge in [0, 0.05) is 15.5 Å². The highest BCUT2D eigenvalue weighted by molar-refractivity contribution is 7.10. The lowest BCUT2D eigenvalue weighted by Gasteiger charge is -2.07. The lowest BCUT2D eigenvalue weighted by molar-refractivity contribution is -0.120. The number of halogens is 1. The molecule has 1 heterocycles. The van der Waals surface area contributed by atoms with E-state index in [0.29, 0.717) is 17.1 Å². The van der Waals surface area contributed by atoms with Crippen molar-refractivity contribution in [3.8, 4) is 0 Å². The maximum absolute atomic E-state index is 11.8. The third-order valence-electron chi connectivity index (χ3n) is 2.91. The topological polar surface area (TPSA) is 58.2 Å². The fourth-order valence-corrected chi connectivity index (χ4v) is 2.76. The van der Waals surface area contributed by atoms with Gasteiger partial charge >= 0.3 is 0 Å². The van der Waals surface area contributed by atoms with Crippen LogP contribution in [0, 0.1) is 6.92 Å². The average molecular weight is 323 g/mol. The monoisotopic (exact) mass is 322 g/mol. The van der Waals surface area contributed by atoms with Gasteiger partial charge in [-0.1, -0.05) is 17.7 Å². The van der Waals surface area contributed by atoms with E-state index in [4.69, 9.17) is 11.6 Å². The molecular formula is C15H15ClN2O2S. The van der Waals surface area contributed by atoms with E-state index in [-0.39, 0.29) is 18.4 Å². The van der Waals surface area contributed by atoms with Gasteiger partial charge in [-0.15, -0.1) is 11.3 Å². The van der Waals surface area contributed by atoms with E-state index in [1.165, 1.54) is 0 Å². The number of carbonyl (C=O) groups excluding carboxylic acids is 2. The van der Waals surface area contributed by atoms with Crippen molar-refractivity contribution in [2.45, 2.75) is 13.5 Å². The lowest BCUT2D eigenvalue weighted by Crippen LogP contribution is -2.36. The Bertz CT molecular complexity index is 655. The minimum Gasteiger partial charge on any atom is -0.350 e. The normalized spacial score (nSPS) is 10.2. The summed E-state index contributed by atoms with van der Waals surface area (Å²) < 4.78 is 0. The molecule has 0 radical (unpaired) electrons. The Balaban J connectivity index is 1.79. The lowest BCUT2D eigenvalue weighted by atomic mass is 10.2. The summed E-state index contributed by atoms with van der Waals surface area (Å²) in [6, 6.07) is 8.59. The van der Waals surface area contributed by atoms with Gasteiger partial charge in [0.25, 0.3) is 5.91 Å². The molecule has 21 heavy (non-hydrogen) atoms. The fraction of sp³-hybridized carbons (Fsp3) is 0.200. The molecule has 2 amide bonds. The predicted octanol–water partition coefficient (Wildman–Crippen LogP) is 2.76. The van der Waals surface area contributed by atoms with Crippen molar-refractivity contribution in [1.82, 2.24) is 10.6 Å². The predicted molar refractivity (Wildman–Crippen MR) is 84.7 cm³/mol. The summed E-state index contributed by atoms with van der Waals surface area (Å²) in [6.45, 7) is 2.42. The zero-order valence-electron chi connectivity index (χ0n) is 11.5. The Morgan fingerprint density at radius 2 is 2.05 bits per heavy atom. The first-order valence-electron chi connectivity index (χ1n) is 6.39. The highest BCUT2D eigenvalue weighted by Crippen LogP contribution is 2.14. The van der Waals surface area contributed by atoms with Crippen LogP contribution in [0.5, 0.6) is 0 Å². The highest BCUT2D eigenvalue weighted by Gasteiger charge is 2.09. The molecule has 0 aliphatic rings. The maximum atomic E-state index is 11.8. The van der Waals surface area contributed by atoms with Gasteiger partial charge < -0.3 is 10.6 Å². The Hall–Kier alpha value is -1.85. The molecule has 0 aliphatic heterocycles. The number of benzene rings is 1. The Morgan fingerprint density at radius 1 is 1.24 bits per heavy atom. The van der Waals surface area contributed by atoms with Gasteiger partial charge in [0.2, 0.25) is 5.91 Å². The van der Waals surface area contributed by atoms with Crippen molar-refractivity contribution in [2.24, 2.45) is 0 Å². The number of nitrogens with one attached hydrogen (secondary N) is 2. The zero-order valence-corrected chi connectivity index (χ0v) is 13.1. The van der Waals surface area contributed by atoms with Gasteiger partial charge in [-0.25, -0.2) is 0 Å². The molecule has 0 saturated heterocycles. The molecule has 110 valence electrons. The van der Waals surface area contributed by atoms with Gasteiger partial charge in [-0.05, 0) is 42.1 Å². The Labute approximate surface area is 132 Å². The quantitative estimate of drug-likeness (QED) is 0.889. The standard InChI is InChI=1S/C15H15ClN2O2S/c1-10-5-6-21-13(10)8-17-14(19)9-18-15(20)11-3-2-4-12(16)7-11/h2-7H,8-9H2,1H3,(H,17,19)(H,18,20). The minimum atomic E-state index is -0.319. The Kier molecular flexibility index (Phi) is 5.36. The maximum Gasteiger partial charge on any atom is 0.251 e. The van der Waals surface area contributed by atoms with Gasteiger partial charge in [-0.3, -0.25) is 9.59 Å². The smallest absolute Gasteiger partial charge is 0.251 e. The first-order valence-corrected chi connectivity index (χ1v) is 7.65. The number of thiophene rings is 1. The second-order valence-corrected chi connectivity index (χ2v) is 5.93. The van der Waals surface area contributed by atoms with Gasteiger partial charge in [0.15, 0.2) is 0 Å². The van der Waals surface area contributed by atoms with Crippen LogP contribution in [0.4, 0.5) is 0 Å². The summed E-state index contributed by atoms with van der Waals surface area (Å²) in [7, 11) is 0.